The minimum atomic E-state index is 0.0505. The van der Waals surface area contributed by atoms with E-state index in [-0.39, 0.29) is 12.5 Å². The average Bonchev–Trinajstić information content (AvgIpc) is 3.29. The van der Waals surface area contributed by atoms with E-state index in [1.807, 2.05) is 35.2 Å². The van der Waals surface area contributed by atoms with E-state index in [0.29, 0.717) is 12.5 Å². The highest BCUT2D eigenvalue weighted by molar-refractivity contribution is 5.78. The minimum Gasteiger partial charge on any atom is -0.364 e. The van der Waals surface area contributed by atoms with Crippen molar-refractivity contribution >= 4 is 16.9 Å². The standard InChI is InChI=1S/C20H21N3O2/c24-20(23-11-10-16(12-23)15-6-2-1-3-7-15)14-25-13-19-21-17-8-4-5-9-18(17)22-19/h1-9,16H,10-14H2,(H,21,22)/t16-/m0/s1. The molecule has 5 heteroatoms. The zero-order valence-corrected chi connectivity index (χ0v) is 14.0. The summed E-state index contributed by atoms with van der Waals surface area (Å²) in [7, 11) is 0. The molecular weight excluding hydrogens is 314 g/mol. The third-order valence-electron chi connectivity index (χ3n) is 4.71. The fourth-order valence-corrected chi connectivity index (χ4v) is 3.38. The number of hydrogen-bond donors (Lipinski definition) is 1. The monoisotopic (exact) mass is 335 g/mol. The van der Waals surface area contributed by atoms with E-state index in [9.17, 15) is 4.79 Å². The zero-order valence-electron chi connectivity index (χ0n) is 14.0. The van der Waals surface area contributed by atoms with Crippen LogP contribution in [0.2, 0.25) is 0 Å². The van der Waals surface area contributed by atoms with Crippen molar-refractivity contribution in [3.05, 3.63) is 66.0 Å². The molecule has 1 N–H and O–H groups in total. The Labute approximate surface area is 146 Å². The number of carbonyl (C=O) groups is 1. The molecule has 0 aliphatic carbocycles. The van der Waals surface area contributed by atoms with Gasteiger partial charge in [-0.25, -0.2) is 4.98 Å². The first-order chi connectivity index (χ1) is 12.3. The molecule has 1 fully saturated rings. The number of amides is 1. The van der Waals surface area contributed by atoms with Gasteiger partial charge < -0.3 is 14.6 Å². The van der Waals surface area contributed by atoms with Gasteiger partial charge in [0.25, 0.3) is 0 Å². The number of nitrogens with zero attached hydrogens (tertiary/aromatic N) is 2. The molecule has 1 atom stereocenters. The molecule has 1 aromatic heterocycles. The molecule has 1 aliphatic rings. The average molecular weight is 335 g/mol. The largest absolute Gasteiger partial charge is 0.364 e. The van der Waals surface area contributed by atoms with Gasteiger partial charge in [-0.05, 0) is 24.1 Å². The first-order valence-electron chi connectivity index (χ1n) is 8.64. The third kappa shape index (κ3) is 3.56. The van der Waals surface area contributed by atoms with Crippen LogP contribution in [0.1, 0.15) is 23.7 Å². The fourth-order valence-electron chi connectivity index (χ4n) is 3.38. The third-order valence-corrected chi connectivity index (χ3v) is 4.71. The lowest BCUT2D eigenvalue weighted by Crippen LogP contribution is -2.31. The maximum absolute atomic E-state index is 12.4. The number of ether oxygens (including phenoxy) is 1. The number of aromatic amines is 1. The summed E-state index contributed by atoms with van der Waals surface area (Å²) in [5.74, 6) is 1.23. The number of imidazole rings is 1. The lowest BCUT2D eigenvalue weighted by atomic mass is 9.99. The lowest BCUT2D eigenvalue weighted by molar-refractivity contribution is -0.135. The number of nitrogens with one attached hydrogen (secondary N) is 1. The van der Waals surface area contributed by atoms with Crippen LogP contribution in [0.5, 0.6) is 0 Å². The van der Waals surface area contributed by atoms with Gasteiger partial charge in [-0.3, -0.25) is 4.79 Å². The second-order valence-corrected chi connectivity index (χ2v) is 6.43. The molecular formula is C20H21N3O2. The Balaban J connectivity index is 1.28. The summed E-state index contributed by atoms with van der Waals surface area (Å²) >= 11 is 0. The Kier molecular flexibility index (Phi) is 4.48. The number of hydrogen-bond acceptors (Lipinski definition) is 3. The van der Waals surface area contributed by atoms with Crippen molar-refractivity contribution in [2.24, 2.45) is 0 Å². The molecule has 128 valence electrons. The van der Waals surface area contributed by atoms with Crippen LogP contribution in [-0.2, 0) is 16.1 Å². The predicted molar refractivity (Wildman–Crippen MR) is 96.1 cm³/mol. The number of fused-ring (bicyclic) bond motifs is 1. The molecule has 5 nitrogen and oxygen atoms in total. The Morgan fingerprint density at radius 2 is 1.96 bits per heavy atom. The normalized spacial score (nSPS) is 17.3. The van der Waals surface area contributed by atoms with Gasteiger partial charge in [0.15, 0.2) is 0 Å². The molecule has 2 heterocycles. The van der Waals surface area contributed by atoms with E-state index in [0.717, 1.165) is 36.4 Å². The second-order valence-electron chi connectivity index (χ2n) is 6.43. The van der Waals surface area contributed by atoms with Crippen molar-refractivity contribution in [1.82, 2.24) is 14.9 Å². The number of rotatable bonds is 5. The van der Waals surface area contributed by atoms with Crippen molar-refractivity contribution in [3.8, 4) is 0 Å². The Morgan fingerprint density at radius 3 is 2.80 bits per heavy atom. The van der Waals surface area contributed by atoms with E-state index in [1.54, 1.807) is 0 Å². The molecule has 0 unspecified atom stereocenters. The Hall–Kier alpha value is -2.66. The highest BCUT2D eigenvalue weighted by atomic mass is 16.5. The molecule has 1 amide bonds. The predicted octanol–water partition coefficient (Wildman–Crippen LogP) is 3.10. The maximum atomic E-state index is 12.4. The highest BCUT2D eigenvalue weighted by Gasteiger charge is 2.27. The summed E-state index contributed by atoms with van der Waals surface area (Å²) < 4.78 is 5.58. The van der Waals surface area contributed by atoms with Gasteiger partial charge in [0.05, 0.1) is 11.0 Å². The van der Waals surface area contributed by atoms with E-state index in [4.69, 9.17) is 4.74 Å². The smallest absolute Gasteiger partial charge is 0.248 e. The molecule has 25 heavy (non-hydrogen) atoms. The maximum Gasteiger partial charge on any atom is 0.248 e. The number of H-pyrrole nitrogens is 1. The summed E-state index contributed by atoms with van der Waals surface area (Å²) in [6.45, 7) is 1.98. The number of carbonyl (C=O) groups excluding carboxylic acids is 1. The zero-order chi connectivity index (χ0) is 17.1. The SMILES string of the molecule is O=C(COCc1nc2ccccc2[nH]1)N1CC[C@H](c2ccccc2)C1. The first-order valence-corrected chi connectivity index (χ1v) is 8.64. The number of para-hydroxylation sites is 2. The van der Waals surface area contributed by atoms with Gasteiger partial charge in [0, 0.05) is 19.0 Å². The molecule has 0 bridgehead atoms. The van der Waals surface area contributed by atoms with Gasteiger partial charge in [0.2, 0.25) is 5.91 Å². The molecule has 4 rings (SSSR count). The molecule has 0 saturated carbocycles. The van der Waals surface area contributed by atoms with Crippen LogP contribution < -0.4 is 0 Å². The fraction of sp³-hybridized carbons (Fsp3) is 0.300. The van der Waals surface area contributed by atoms with Crippen molar-refractivity contribution in [3.63, 3.8) is 0 Å². The van der Waals surface area contributed by atoms with Crippen molar-refractivity contribution in [2.75, 3.05) is 19.7 Å². The Morgan fingerprint density at radius 1 is 1.16 bits per heavy atom. The molecule has 0 radical (unpaired) electrons. The van der Waals surface area contributed by atoms with Crippen molar-refractivity contribution < 1.29 is 9.53 Å². The van der Waals surface area contributed by atoms with Crippen LogP contribution in [0.25, 0.3) is 11.0 Å². The second kappa shape index (κ2) is 7.07. The van der Waals surface area contributed by atoms with Gasteiger partial charge in [-0.1, -0.05) is 42.5 Å². The summed E-state index contributed by atoms with van der Waals surface area (Å²) in [5, 5.41) is 0. The number of benzene rings is 2. The van der Waals surface area contributed by atoms with E-state index in [1.165, 1.54) is 5.56 Å². The summed E-state index contributed by atoms with van der Waals surface area (Å²) in [6.07, 6.45) is 1.01. The summed E-state index contributed by atoms with van der Waals surface area (Å²) in [6, 6.07) is 18.2. The van der Waals surface area contributed by atoms with Crippen molar-refractivity contribution in [2.45, 2.75) is 18.9 Å². The van der Waals surface area contributed by atoms with Crippen LogP contribution in [0.15, 0.2) is 54.6 Å². The van der Waals surface area contributed by atoms with Gasteiger partial charge in [0.1, 0.15) is 19.0 Å². The lowest BCUT2D eigenvalue weighted by Gasteiger charge is -2.16. The molecule has 1 saturated heterocycles. The Bertz CT molecular complexity index is 827. The highest BCUT2D eigenvalue weighted by Crippen LogP contribution is 2.26. The van der Waals surface area contributed by atoms with E-state index >= 15 is 0 Å². The van der Waals surface area contributed by atoms with Crippen LogP contribution in [0.4, 0.5) is 0 Å². The quantitative estimate of drug-likeness (QED) is 0.779. The molecule has 1 aliphatic heterocycles. The molecule has 3 aromatic rings. The van der Waals surface area contributed by atoms with Crippen LogP contribution in [0, 0.1) is 0 Å². The van der Waals surface area contributed by atoms with Crippen LogP contribution >= 0.6 is 0 Å². The van der Waals surface area contributed by atoms with Crippen LogP contribution in [-0.4, -0.2) is 40.5 Å². The van der Waals surface area contributed by atoms with Gasteiger partial charge in [-0.2, -0.15) is 0 Å². The van der Waals surface area contributed by atoms with Gasteiger partial charge >= 0.3 is 0 Å². The van der Waals surface area contributed by atoms with E-state index < -0.39 is 0 Å². The summed E-state index contributed by atoms with van der Waals surface area (Å²) in [4.78, 5) is 21.9. The van der Waals surface area contributed by atoms with Gasteiger partial charge in [-0.15, -0.1) is 0 Å². The minimum absolute atomic E-state index is 0.0505. The van der Waals surface area contributed by atoms with Crippen molar-refractivity contribution in [1.29, 1.82) is 0 Å². The molecule has 0 spiro atoms. The van der Waals surface area contributed by atoms with Crippen LogP contribution in [0.3, 0.4) is 0 Å². The topological polar surface area (TPSA) is 58.2 Å². The molecule has 2 aromatic carbocycles. The number of likely N-dealkylation sites (tertiary alicyclic amines) is 1. The van der Waals surface area contributed by atoms with E-state index in [2.05, 4.69) is 34.2 Å². The number of aromatic nitrogens is 2. The first kappa shape index (κ1) is 15.8. The summed E-state index contributed by atoms with van der Waals surface area (Å²) in [5.41, 5.74) is 3.20.